The van der Waals surface area contributed by atoms with Crippen LogP contribution < -0.4 is 10.1 Å². The quantitative estimate of drug-likeness (QED) is 0.848. The smallest absolute Gasteiger partial charge is 0.229 e. The molecule has 1 atom stereocenters. The molecule has 0 aliphatic carbocycles. The Labute approximate surface area is 134 Å². The van der Waals surface area contributed by atoms with Crippen LogP contribution in [0.1, 0.15) is 37.3 Å². The van der Waals surface area contributed by atoms with Gasteiger partial charge >= 0.3 is 0 Å². The second kappa shape index (κ2) is 7.89. The molecular formula is C16H21N3O2S. The first-order chi connectivity index (χ1) is 10.6. The minimum Gasteiger partial charge on any atom is -0.497 e. The van der Waals surface area contributed by atoms with Crippen molar-refractivity contribution >= 4 is 22.4 Å². The number of anilines is 1. The van der Waals surface area contributed by atoms with Gasteiger partial charge in [-0.15, -0.1) is 10.2 Å². The normalized spacial score (nSPS) is 12.0. The van der Waals surface area contributed by atoms with Crippen molar-refractivity contribution in [3.05, 3.63) is 34.8 Å². The van der Waals surface area contributed by atoms with Gasteiger partial charge in [-0.05, 0) is 24.1 Å². The lowest BCUT2D eigenvalue weighted by Gasteiger charge is -2.07. The van der Waals surface area contributed by atoms with Crippen LogP contribution in [0, 0.1) is 5.92 Å². The Morgan fingerprint density at radius 3 is 2.68 bits per heavy atom. The molecule has 0 radical (unpaired) electrons. The van der Waals surface area contributed by atoms with E-state index in [0.29, 0.717) is 11.6 Å². The molecule has 0 bridgehead atoms. The van der Waals surface area contributed by atoms with Crippen LogP contribution in [0.4, 0.5) is 5.13 Å². The third-order valence-electron chi connectivity index (χ3n) is 3.38. The van der Waals surface area contributed by atoms with Gasteiger partial charge in [0.1, 0.15) is 10.8 Å². The molecule has 2 aromatic rings. The summed E-state index contributed by atoms with van der Waals surface area (Å²) in [6, 6.07) is 7.85. The molecule has 0 aliphatic heterocycles. The predicted molar refractivity (Wildman–Crippen MR) is 88.4 cm³/mol. The molecular weight excluding hydrogens is 298 g/mol. The molecule has 1 aromatic heterocycles. The monoisotopic (exact) mass is 319 g/mol. The van der Waals surface area contributed by atoms with E-state index in [4.69, 9.17) is 4.74 Å². The molecule has 0 spiro atoms. The Morgan fingerprint density at radius 2 is 2.05 bits per heavy atom. The molecule has 0 fully saturated rings. The lowest BCUT2D eigenvalue weighted by molar-refractivity contribution is -0.119. The minimum absolute atomic E-state index is 0.000983. The third-order valence-corrected chi connectivity index (χ3v) is 4.22. The zero-order valence-electron chi connectivity index (χ0n) is 13.1. The number of nitrogens with zero attached hydrogens (tertiary/aromatic N) is 2. The summed E-state index contributed by atoms with van der Waals surface area (Å²) in [7, 11) is 1.65. The van der Waals surface area contributed by atoms with Crippen molar-refractivity contribution in [3.8, 4) is 5.75 Å². The number of rotatable bonds is 7. The molecule has 0 unspecified atom stereocenters. The van der Waals surface area contributed by atoms with E-state index in [1.165, 1.54) is 11.3 Å². The number of nitrogens with one attached hydrogen (secondary N) is 1. The van der Waals surface area contributed by atoms with Crippen LogP contribution in [0.3, 0.4) is 0 Å². The van der Waals surface area contributed by atoms with Crippen molar-refractivity contribution in [2.45, 2.75) is 33.1 Å². The fourth-order valence-corrected chi connectivity index (χ4v) is 2.86. The number of amides is 1. The van der Waals surface area contributed by atoms with E-state index in [1.807, 2.05) is 31.2 Å². The first kappa shape index (κ1) is 16.4. The summed E-state index contributed by atoms with van der Waals surface area (Å²) in [5.74, 6) is 0.840. The number of aromatic nitrogens is 2. The van der Waals surface area contributed by atoms with Gasteiger partial charge in [-0.3, -0.25) is 4.79 Å². The number of carbonyl (C=O) groups excluding carboxylic acids is 1. The molecule has 22 heavy (non-hydrogen) atoms. The van der Waals surface area contributed by atoms with Gasteiger partial charge in [-0.1, -0.05) is 43.7 Å². The topological polar surface area (TPSA) is 64.1 Å². The van der Waals surface area contributed by atoms with Crippen molar-refractivity contribution < 1.29 is 9.53 Å². The first-order valence-corrected chi connectivity index (χ1v) is 8.20. The highest BCUT2D eigenvalue weighted by molar-refractivity contribution is 7.15. The maximum atomic E-state index is 12.0. The van der Waals surface area contributed by atoms with Gasteiger partial charge in [-0.2, -0.15) is 0 Å². The van der Waals surface area contributed by atoms with Crippen molar-refractivity contribution in [2.75, 3.05) is 12.4 Å². The van der Waals surface area contributed by atoms with E-state index in [-0.39, 0.29) is 11.8 Å². The molecule has 1 aromatic carbocycles. The minimum atomic E-state index is -0.000983. The molecule has 0 saturated heterocycles. The second-order valence-corrected chi connectivity index (χ2v) is 6.27. The molecule has 0 aliphatic rings. The summed E-state index contributed by atoms with van der Waals surface area (Å²) >= 11 is 1.42. The SMILES string of the molecule is CCC[C@@H](C)C(=O)Nc1nnc(Cc2ccc(OC)cc2)s1. The Kier molecular flexibility index (Phi) is 5.89. The molecule has 1 heterocycles. The summed E-state index contributed by atoms with van der Waals surface area (Å²) in [4.78, 5) is 12.0. The van der Waals surface area contributed by atoms with E-state index < -0.39 is 0 Å². The van der Waals surface area contributed by atoms with Crippen LogP contribution in [0.25, 0.3) is 0 Å². The molecule has 1 N–H and O–H groups in total. The van der Waals surface area contributed by atoms with E-state index in [0.717, 1.165) is 29.2 Å². The Hall–Kier alpha value is -1.95. The number of benzene rings is 1. The predicted octanol–water partition coefficient (Wildman–Crippen LogP) is 3.51. The molecule has 0 saturated carbocycles. The van der Waals surface area contributed by atoms with Gasteiger partial charge in [0.2, 0.25) is 11.0 Å². The van der Waals surface area contributed by atoms with Crippen molar-refractivity contribution in [3.63, 3.8) is 0 Å². The average molecular weight is 319 g/mol. The Morgan fingerprint density at radius 1 is 1.32 bits per heavy atom. The largest absolute Gasteiger partial charge is 0.497 e. The standard InChI is InChI=1S/C16H21N3O2S/c1-4-5-11(2)15(20)17-16-19-18-14(22-16)10-12-6-8-13(21-3)9-7-12/h6-9,11H,4-5,10H2,1-3H3,(H,17,19,20)/t11-/m1/s1. The van der Waals surface area contributed by atoms with E-state index in [2.05, 4.69) is 22.4 Å². The summed E-state index contributed by atoms with van der Waals surface area (Å²) in [6.45, 7) is 4.00. The Bertz CT molecular complexity index is 610. The summed E-state index contributed by atoms with van der Waals surface area (Å²) in [6.07, 6.45) is 2.57. The van der Waals surface area contributed by atoms with Gasteiger partial charge in [0.05, 0.1) is 7.11 Å². The summed E-state index contributed by atoms with van der Waals surface area (Å²) in [5.41, 5.74) is 1.13. The number of ether oxygens (including phenoxy) is 1. The number of hydrogen-bond donors (Lipinski definition) is 1. The first-order valence-electron chi connectivity index (χ1n) is 7.38. The van der Waals surface area contributed by atoms with Crippen molar-refractivity contribution in [2.24, 2.45) is 5.92 Å². The molecule has 1 amide bonds. The maximum Gasteiger partial charge on any atom is 0.229 e. The number of methoxy groups -OCH3 is 1. The average Bonchev–Trinajstić information content (AvgIpc) is 2.95. The molecule has 6 heteroatoms. The van der Waals surface area contributed by atoms with Gasteiger partial charge in [0.15, 0.2) is 0 Å². The zero-order chi connectivity index (χ0) is 15.9. The lowest BCUT2D eigenvalue weighted by atomic mass is 10.1. The fraction of sp³-hybridized carbons (Fsp3) is 0.438. The van der Waals surface area contributed by atoms with Crippen molar-refractivity contribution in [1.29, 1.82) is 0 Å². The van der Waals surface area contributed by atoms with Gasteiger partial charge < -0.3 is 10.1 Å². The van der Waals surface area contributed by atoms with Crippen molar-refractivity contribution in [1.82, 2.24) is 10.2 Å². The molecule has 5 nitrogen and oxygen atoms in total. The zero-order valence-corrected chi connectivity index (χ0v) is 13.9. The third kappa shape index (κ3) is 4.53. The highest BCUT2D eigenvalue weighted by Crippen LogP contribution is 2.21. The summed E-state index contributed by atoms with van der Waals surface area (Å²) in [5, 5.41) is 12.5. The molecule has 118 valence electrons. The highest BCUT2D eigenvalue weighted by Gasteiger charge is 2.14. The number of carbonyl (C=O) groups is 1. The molecule has 2 rings (SSSR count). The van der Waals surface area contributed by atoms with E-state index in [1.54, 1.807) is 7.11 Å². The van der Waals surface area contributed by atoms with Gasteiger partial charge in [-0.25, -0.2) is 0 Å². The van der Waals surface area contributed by atoms with Crippen LogP contribution in [0.5, 0.6) is 5.75 Å². The number of hydrogen-bond acceptors (Lipinski definition) is 5. The fourth-order valence-electron chi connectivity index (χ4n) is 2.09. The second-order valence-electron chi connectivity index (χ2n) is 5.20. The van der Waals surface area contributed by atoms with E-state index in [9.17, 15) is 4.79 Å². The van der Waals surface area contributed by atoms with Crippen LogP contribution in [-0.4, -0.2) is 23.2 Å². The lowest BCUT2D eigenvalue weighted by Crippen LogP contribution is -2.20. The van der Waals surface area contributed by atoms with Crippen LogP contribution in [0.15, 0.2) is 24.3 Å². The Balaban J connectivity index is 1.94. The van der Waals surface area contributed by atoms with Gasteiger partial charge in [0, 0.05) is 12.3 Å². The maximum absolute atomic E-state index is 12.0. The summed E-state index contributed by atoms with van der Waals surface area (Å²) < 4.78 is 5.14. The van der Waals surface area contributed by atoms with Gasteiger partial charge in [0.25, 0.3) is 0 Å². The van der Waals surface area contributed by atoms with Crippen LogP contribution >= 0.6 is 11.3 Å². The highest BCUT2D eigenvalue weighted by atomic mass is 32.1. The van der Waals surface area contributed by atoms with Crippen LogP contribution in [0.2, 0.25) is 0 Å². The van der Waals surface area contributed by atoms with Crippen LogP contribution in [-0.2, 0) is 11.2 Å². The van der Waals surface area contributed by atoms with E-state index >= 15 is 0 Å².